The van der Waals surface area contributed by atoms with E-state index in [1.807, 2.05) is 17.8 Å². The van der Waals surface area contributed by atoms with E-state index in [1.54, 1.807) is 30.5 Å². The number of aromatic nitrogens is 2. The molecule has 0 aliphatic carbocycles. The van der Waals surface area contributed by atoms with Crippen molar-refractivity contribution in [2.45, 2.75) is 6.42 Å². The Labute approximate surface area is 123 Å². The van der Waals surface area contributed by atoms with Crippen LogP contribution >= 0.6 is 11.6 Å². The van der Waals surface area contributed by atoms with E-state index >= 15 is 0 Å². The predicted molar refractivity (Wildman–Crippen MR) is 79.9 cm³/mol. The fourth-order valence-electron chi connectivity index (χ4n) is 1.81. The summed E-state index contributed by atoms with van der Waals surface area (Å²) in [7, 11) is 1.95. The van der Waals surface area contributed by atoms with E-state index in [-0.39, 0.29) is 12.5 Å². The van der Waals surface area contributed by atoms with Crippen molar-refractivity contribution < 1.29 is 4.79 Å². The highest BCUT2D eigenvalue weighted by atomic mass is 35.5. The number of benzene rings is 1. The van der Waals surface area contributed by atoms with Crippen LogP contribution < -0.4 is 10.6 Å². The normalized spacial score (nSPS) is 10.5. The first kappa shape index (κ1) is 14.6. The smallest absolute Gasteiger partial charge is 0.238 e. The summed E-state index contributed by atoms with van der Waals surface area (Å²) >= 11 is 5.85. The molecular weight excluding hydrogens is 276 g/mol. The maximum absolute atomic E-state index is 11.7. The molecule has 0 radical (unpaired) electrons. The molecular formula is C14H17ClN4O. The van der Waals surface area contributed by atoms with Gasteiger partial charge >= 0.3 is 0 Å². The molecule has 2 aromatic rings. The van der Waals surface area contributed by atoms with Crippen molar-refractivity contribution in [3.05, 3.63) is 47.5 Å². The van der Waals surface area contributed by atoms with Gasteiger partial charge in [0.1, 0.15) is 5.82 Å². The molecule has 106 valence electrons. The summed E-state index contributed by atoms with van der Waals surface area (Å²) in [6.07, 6.45) is 4.45. The molecule has 0 bridgehead atoms. The number of nitrogens with one attached hydrogen (secondary N) is 2. The van der Waals surface area contributed by atoms with Crippen LogP contribution in [0.15, 0.2) is 36.7 Å². The summed E-state index contributed by atoms with van der Waals surface area (Å²) in [5.74, 6) is 0.903. The molecule has 6 heteroatoms. The second-order valence-electron chi connectivity index (χ2n) is 4.44. The van der Waals surface area contributed by atoms with Crippen molar-refractivity contribution in [1.82, 2.24) is 14.9 Å². The van der Waals surface area contributed by atoms with E-state index in [0.29, 0.717) is 17.3 Å². The van der Waals surface area contributed by atoms with Crippen LogP contribution in [0, 0.1) is 0 Å². The first-order valence-corrected chi connectivity index (χ1v) is 6.75. The third-order valence-electron chi connectivity index (χ3n) is 2.84. The molecule has 0 spiro atoms. The Balaban J connectivity index is 1.69. The molecule has 1 amide bonds. The summed E-state index contributed by atoms with van der Waals surface area (Å²) in [6, 6.07) is 7.08. The molecule has 2 N–H and O–H groups in total. The molecule has 0 atom stereocenters. The number of amides is 1. The highest BCUT2D eigenvalue weighted by Crippen LogP contribution is 2.14. The molecule has 0 saturated carbocycles. The number of halogens is 1. The molecule has 1 aromatic carbocycles. The third kappa shape index (κ3) is 4.36. The van der Waals surface area contributed by atoms with E-state index in [9.17, 15) is 4.79 Å². The zero-order valence-corrected chi connectivity index (χ0v) is 12.0. The van der Waals surface area contributed by atoms with Gasteiger partial charge in [0.2, 0.25) is 5.91 Å². The molecule has 0 aliphatic rings. The fraction of sp³-hybridized carbons (Fsp3) is 0.286. The lowest BCUT2D eigenvalue weighted by Gasteiger charge is -2.07. The first-order valence-electron chi connectivity index (χ1n) is 6.37. The maximum Gasteiger partial charge on any atom is 0.238 e. The Morgan fingerprint density at radius 3 is 3.00 bits per heavy atom. The number of imidazole rings is 1. The van der Waals surface area contributed by atoms with Crippen LogP contribution in [0.5, 0.6) is 0 Å². The number of hydrogen-bond acceptors (Lipinski definition) is 3. The monoisotopic (exact) mass is 292 g/mol. The van der Waals surface area contributed by atoms with Crippen molar-refractivity contribution in [3.63, 3.8) is 0 Å². The van der Waals surface area contributed by atoms with Crippen LogP contribution in [0.2, 0.25) is 5.02 Å². The zero-order chi connectivity index (χ0) is 14.4. The van der Waals surface area contributed by atoms with Crippen LogP contribution in [-0.4, -0.2) is 28.5 Å². The Morgan fingerprint density at radius 2 is 2.30 bits per heavy atom. The topological polar surface area (TPSA) is 59.0 Å². The van der Waals surface area contributed by atoms with Gasteiger partial charge in [-0.25, -0.2) is 4.98 Å². The van der Waals surface area contributed by atoms with E-state index in [4.69, 9.17) is 11.6 Å². The molecule has 1 aromatic heterocycles. The maximum atomic E-state index is 11.7. The number of rotatable bonds is 6. The second-order valence-corrected chi connectivity index (χ2v) is 4.88. The highest BCUT2D eigenvalue weighted by Gasteiger charge is 2.03. The van der Waals surface area contributed by atoms with Crippen LogP contribution in [0.25, 0.3) is 0 Å². The van der Waals surface area contributed by atoms with Crippen molar-refractivity contribution in [3.8, 4) is 0 Å². The van der Waals surface area contributed by atoms with Crippen molar-refractivity contribution in [2.24, 2.45) is 7.05 Å². The summed E-state index contributed by atoms with van der Waals surface area (Å²) in [4.78, 5) is 15.9. The Kier molecular flexibility index (Phi) is 5.15. The summed E-state index contributed by atoms with van der Waals surface area (Å²) in [5.41, 5.74) is 0.702. The first-order chi connectivity index (χ1) is 9.65. The van der Waals surface area contributed by atoms with Crippen LogP contribution in [0.4, 0.5) is 5.69 Å². The highest BCUT2D eigenvalue weighted by molar-refractivity contribution is 6.30. The van der Waals surface area contributed by atoms with E-state index in [1.165, 1.54) is 0 Å². The van der Waals surface area contributed by atoms with Crippen molar-refractivity contribution in [2.75, 3.05) is 18.4 Å². The third-order valence-corrected chi connectivity index (χ3v) is 3.08. The van der Waals surface area contributed by atoms with Crippen LogP contribution in [-0.2, 0) is 18.3 Å². The van der Waals surface area contributed by atoms with E-state index < -0.39 is 0 Å². The lowest BCUT2D eigenvalue weighted by molar-refractivity contribution is -0.115. The number of anilines is 1. The Hall–Kier alpha value is -1.85. The van der Waals surface area contributed by atoms with E-state index in [0.717, 1.165) is 12.2 Å². The molecule has 0 unspecified atom stereocenters. The van der Waals surface area contributed by atoms with Gasteiger partial charge in [-0.05, 0) is 18.2 Å². The van der Waals surface area contributed by atoms with Crippen LogP contribution in [0.1, 0.15) is 5.82 Å². The molecule has 5 nitrogen and oxygen atoms in total. The second kappa shape index (κ2) is 7.07. The molecule has 2 rings (SSSR count). The fourth-order valence-corrected chi connectivity index (χ4v) is 2.00. The lowest BCUT2D eigenvalue weighted by Crippen LogP contribution is -2.29. The Bertz CT molecular complexity index is 582. The molecule has 0 aliphatic heterocycles. The minimum absolute atomic E-state index is 0.0906. The van der Waals surface area contributed by atoms with Gasteiger partial charge in [0, 0.05) is 43.1 Å². The standard InChI is InChI=1S/C14H17ClN4O/c1-19-8-7-17-13(19)5-6-16-10-14(20)18-12-4-2-3-11(15)9-12/h2-4,7-9,16H,5-6,10H2,1H3,(H,18,20). The van der Waals surface area contributed by atoms with Crippen molar-refractivity contribution in [1.29, 1.82) is 0 Å². The average Bonchev–Trinajstić information content (AvgIpc) is 2.80. The summed E-state index contributed by atoms with van der Waals surface area (Å²) in [6.45, 7) is 0.963. The van der Waals surface area contributed by atoms with Gasteiger partial charge in [-0.3, -0.25) is 4.79 Å². The van der Waals surface area contributed by atoms with Gasteiger partial charge in [-0.15, -0.1) is 0 Å². The Morgan fingerprint density at radius 1 is 1.45 bits per heavy atom. The minimum atomic E-state index is -0.0906. The molecule has 1 heterocycles. The minimum Gasteiger partial charge on any atom is -0.338 e. The number of nitrogens with zero attached hydrogens (tertiary/aromatic N) is 2. The number of hydrogen-bond donors (Lipinski definition) is 2. The lowest BCUT2D eigenvalue weighted by atomic mass is 10.3. The zero-order valence-electron chi connectivity index (χ0n) is 11.3. The van der Waals surface area contributed by atoms with Crippen molar-refractivity contribution >= 4 is 23.2 Å². The van der Waals surface area contributed by atoms with Gasteiger partial charge in [0.25, 0.3) is 0 Å². The van der Waals surface area contributed by atoms with Gasteiger partial charge in [-0.2, -0.15) is 0 Å². The predicted octanol–water partition coefficient (Wildman–Crippen LogP) is 1.84. The van der Waals surface area contributed by atoms with Gasteiger partial charge in [0.15, 0.2) is 0 Å². The van der Waals surface area contributed by atoms with Gasteiger partial charge < -0.3 is 15.2 Å². The molecule has 0 fully saturated rings. The summed E-state index contributed by atoms with van der Waals surface area (Å²) < 4.78 is 1.97. The molecule has 0 saturated heterocycles. The number of carbonyl (C=O) groups excluding carboxylic acids is 1. The van der Waals surface area contributed by atoms with Crippen LogP contribution in [0.3, 0.4) is 0 Å². The largest absolute Gasteiger partial charge is 0.338 e. The van der Waals surface area contributed by atoms with Gasteiger partial charge in [-0.1, -0.05) is 17.7 Å². The SMILES string of the molecule is Cn1ccnc1CCNCC(=O)Nc1cccc(Cl)c1. The number of aryl methyl sites for hydroxylation is 1. The van der Waals surface area contributed by atoms with Gasteiger partial charge in [0.05, 0.1) is 6.54 Å². The average molecular weight is 293 g/mol. The quantitative estimate of drug-likeness (QED) is 0.799. The molecule has 20 heavy (non-hydrogen) atoms. The van der Waals surface area contributed by atoms with E-state index in [2.05, 4.69) is 15.6 Å². The number of carbonyl (C=O) groups is 1. The summed E-state index contributed by atoms with van der Waals surface area (Å²) in [5, 5.41) is 6.47.